The fraction of sp³-hybridized carbons (Fsp3) is 1.00. The van der Waals surface area contributed by atoms with Gasteiger partial charge in [-0.1, -0.05) is 0 Å². The Hall–Kier alpha value is -0.170. The van der Waals surface area contributed by atoms with Crippen LogP contribution < -0.4 is 0 Å². The molecule has 5 heavy (non-hydrogen) atoms. The van der Waals surface area contributed by atoms with Gasteiger partial charge in [-0.2, -0.15) is 5.11 Å². The van der Waals surface area contributed by atoms with E-state index in [-0.39, 0.29) is 0 Å². The maximum absolute atomic E-state index is 4.07. The van der Waals surface area contributed by atoms with Crippen LogP contribution in [0.5, 0.6) is 0 Å². The van der Waals surface area contributed by atoms with Gasteiger partial charge in [-0.25, -0.2) is 0 Å². The van der Waals surface area contributed by atoms with Crippen LogP contribution in [0.25, 0.3) is 0 Å². The van der Waals surface area contributed by atoms with E-state index in [1.54, 1.807) is 0 Å². The summed E-state index contributed by atoms with van der Waals surface area (Å²) in [5.74, 6) is 0. The van der Waals surface area contributed by atoms with Gasteiger partial charge in [0, 0.05) is 5.28 Å². The maximum atomic E-state index is 4.07. The lowest BCUT2D eigenvalue weighted by molar-refractivity contribution is 0.365. The third-order valence-electron chi connectivity index (χ3n) is 0.129. The second kappa shape index (κ2) is 3.83. The topological polar surface area (TPSA) is 34.0 Å². The molecule has 1 unspecified atom stereocenters. The first-order valence-electron chi connectivity index (χ1n) is 1.07. The molecule has 0 heterocycles. The van der Waals surface area contributed by atoms with Crippen molar-refractivity contribution < 1.29 is 4.62 Å². The predicted octanol–water partition coefficient (Wildman–Crippen LogP) is 0.790. The molecule has 0 aromatic carbocycles. The van der Waals surface area contributed by atoms with Crippen LogP contribution in [0.15, 0.2) is 10.4 Å². The van der Waals surface area contributed by atoms with Gasteiger partial charge in [-0.3, -0.25) is 0 Å². The summed E-state index contributed by atoms with van der Waals surface area (Å²) in [7, 11) is 3.47. The molecule has 0 aromatic heterocycles. The van der Waals surface area contributed by atoms with Gasteiger partial charge in [0.1, 0.15) is 0 Å². The van der Waals surface area contributed by atoms with E-state index in [1.807, 2.05) is 9.47 Å². The van der Waals surface area contributed by atoms with Crippen LogP contribution >= 0.6 is 9.47 Å². The molecule has 4 heteroatoms. The van der Waals surface area contributed by atoms with Gasteiger partial charge < -0.3 is 4.62 Å². The lowest BCUT2D eigenvalue weighted by Crippen LogP contribution is -1.46. The molecule has 0 aliphatic carbocycles. The van der Waals surface area contributed by atoms with Crippen LogP contribution in [0, 0.1) is 0 Å². The zero-order chi connectivity index (χ0) is 4.12. The Morgan fingerprint density at radius 2 is 2.40 bits per heavy atom. The first-order chi connectivity index (χ1) is 2.41. The Labute approximate surface area is 32.7 Å². The van der Waals surface area contributed by atoms with Gasteiger partial charge in [-0.05, 0) is 0 Å². The van der Waals surface area contributed by atoms with Gasteiger partial charge in [0.15, 0.2) is 0 Å². The van der Waals surface area contributed by atoms with E-state index < -0.39 is 0 Å². The molecule has 1 atom stereocenters. The van der Waals surface area contributed by atoms with E-state index >= 15 is 0 Å². The van der Waals surface area contributed by atoms with Crippen molar-refractivity contribution in [2.45, 2.75) is 0 Å². The zero-order valence-electron chi connectivity index (χ0n) is 2.88. The van der Waals surface area contributed by atoms with E-state index in [2.05, 4.69) is 15.0 Å². The summed E-state index contributed by atoms with van der Waals surface area (Å²) < 4.78 is 4.07. The van der Waals surface area contributed by atoms with Crippen molar-refractivity contribution in [3.05, 3.63) is 0 Å². The third kappa shape index (κ3) is 3.83. The third-order valence-corrected chi connectivity index (χ3v) is 0.223. The molecule has 0 saturated heterocycles. The largest absolute Gasteiger partial charge is 0.367 e. The second-order valence-corrected chi connectivity index (χ2v) is 0.598. The fourth-order valence-corrected chi connectivity index (χ4v) is 0.141. The first kappa shape index (κ1) is 4.83. The molecule has 0 aliphatic heterocycles. The van der Waals surface area contributed by atoms with Crippen LogP contribution in [0.2, 0.25) is 0 Å². The molecule has 30 valence electrons. The van der Waals surface area contributed by atoms with Crippen molar-refractivity contribution >= 4 is 9.47 Å². The highest BCUT2D eigenvalue weighted by molar-refractivity contribution is 7.09. The number of rotatable bonds is 1. The van der Waals surface area contributed by atoms with E-state index in [4.69, 9.17) is 0 Å². The highest BCUT2D eigenvalue weighted by Crippen LogP contribution is 1.82. The standard InChI is InChI=1S/CH5N2OP/c1-2-3-4-5/h5H2,1H3. The molecule has 3 nitrogen and oxygen atoms in total. The average molecular weight is 92.0 g/mol. The van der Waals surface area contributed by atoms with Crippen LogP contribution in [-0.2, 0) is 4.62 Å². The minimum atomic E-state index is 1.53. The van der Waals surface area contributed by atoms with E-state index in [9.17, 15) is 0 Å². The van der Waals surface area contributed by atoms with Gasteiger partial charge in [0.05, 0.1) is 16.5 Å². The molecule has 0 fully saturated rings. The van der Waals surface area contributed by atoms with Crippen LogP contribution in [-0.4, -0.2) is 7.05 Å². The summed E-state index contributed by atoms with van der Waals surface area (Å²) in [6.07, 6.45) is 0. The predicted molar refractivity (Wildman–Crippen MR) is 21.6 cm³/mol. The fourth-order valence-electron chi connectivity index (χ4n) is 0.0471. The van der Waals surface area contributed by atoms with Gasteiger partial charge in [0.2, 0.25) is 0 Å². The first-order valence-corrected chi connectivity index (χ1v) is 1.54. The lowest BCUT2D eigenvalue weighted by Gasteiger charge is -1.72. The normalized spacial score (nSPS) is 9.20. The van der Waals surface area contributed by atoms with Crippen LogP contribution in [0.4, 0.5) is 0 Å². The van der Waals surface area contributed by atoms with Crippen molar-refractivity contribution in [1.29, 1.82) is 0 Å². The van der Waals surface area contributed by atoms with Gasteiger partial charge in [-0.15, -0.1) is 0 Å². The molecule has 0 radical (unpaired) electrons. The number of hydrogen-bond acceptors (Lipinski definition) is 3. The van der Waals surface area contributed by atoms with Crippen molar-refractivity contribution in [2.24, 2.45) is 10.4 Å². The lowest BCUT2D eigenvalue weighted by atomic mass is 11.6. The Morgan fingerprint density at radius 1 is 1.80 bits per heavy atom. The minimum absolute atomic E-state index is 1.53. The van der Waals surface area contributed by atoms with Crippen LogP contribution in [0.1, 0.15) is 0 Å². The minimum Gasteiger partial charge on any atom is -0.367 e. The molecule has 0 N–H and O–H groups in total. The molecule has 0 amide bonds. The van der Waals surface area contributed by atoms with Gasteiger partial charge >= 0.3 is 0 Å². The molecule has 0 saturated carbocycles. The van der Waals surface area contributed by atoms with Crippen molar-refractivity contribution in [3.63, 3.8) is 0 Å². The summed E-state index contributed by atoms with van der Waals surface area (Å²) in [5.41, 5.74) is 0. The van der Waals surface area contributed by atoms with E-state index in [1.165, 1.54) is 7.05 Å². The summed E-state index contributed by atoms with van der Waals surface area (Å²) in [4.78, 5) is 0. The Bertz CT molecular complexity index is 36.6. The Balaban J connectivity index is 2.62. The number of nitrogens with zero attached hydrogens (tertiary/aromatic N) is 2. The van der Waals surface area contributed by atoms with Crippen molar-refractivity contribution in [2.75, 3.05) is 7.05 Å². The zero-order valence-corrected chi connectivity index (χ0v) is 4.03. The summed E-state index contributed by atoms with van der Waals surface area (Å²) in [6.45, 7) is 0. The average Bonchev–Trinajstić information content (AvgIpc) is 1.41. The van der Waals surface area contributed by atoms with Crippen molar-refractivity contribution in [3.8, 4) is 0 Å². The van der Waals surface area contributed by atoms with Gasteiger partial charge in [0.25, 0.3) is 0 Å². The quantitative estimate of drug-likeness (QED) is 0.267. The molecule has 0 rings (SSSR count). The highest BCUT2D eigenvalue weighted by Gasteiger charge is 1.47. The van der Waals surface area contributed by atoms with E-state index in [0.717, 1.165) is 0 Å². The maximum Gasteiger partial charge on any atom is 0.0947 e. The molecule has 0 aliphatic rings. The smallest absolute Gasteiger partial charge is 0.0947 e. The molecule has 0 spiro atoms. The van der Waals surface area contributed by atoms with E-state index in [0.29, 0.717) is 0 Å². The summed E-state index contributed by atoms with van der Waals surface area (Å²) >= 11 is 0. The number of hydrogen-bond donors (Lipinski definition) is 0. The summed E-state index contributed by atoms with van der Waals surface area (Å²) in [5, 5.41) is 6.30. The molecule has 0 aromatic rings. The Morgan fingerprint density at radius 3 is 2.40 bits per heavy atom. The molecular formula is CH5N2OP. The SMILES string of the molecule is CN=NOP. The van der Waals surface area contributed by atoms with Crippen molar-refractivity contribution in [1.82, 2.24) is 0 Å². The summed E-state index contributed by atoms with van der Waals surface area (Å²) in [6, 6.07) is 0. The molecule has 0 bridgehead atoms. The second-order valence-electron chi connectivity index (χ2n) is 0.387. The monoisotopic (exact) mass is 92.0 g/mol. The van der Waals surface area contributed by atoms with Crippen LogP contribution in [0.3, 0.4) is 0 Å². The molecular weight excluding hydrogens is 87.0 g/mol. The Kier molecular flexibility index (Phi) is 3.70. The highest BCUT2D eigenvalue weighted by atomic mass is 31.0.